The molecule has 0 saturated heterocycles. The van der Waals surface area contributed by atoms with Crippen LogP contribution in [0.25, 0.3) is 0 Å². The third-order valence-corrected chi connectivity index (χ3v) is 1.80. The van der Waals surface area contributed by atoms with Crippen molar-refractivity contribution in [3.8, 4) is 6.07 Å². The van der Waals surface area contributed by atoms with Crippen molar-refractivity contribution in [3.05, 3.63) is 47.0 Å². The molecule has 66 valence electrons. The van der Waals surface area contributed by atoms with Crippen LogP contribution in [0.4, 0.5) is 0 Å². The van der Waals surface area contributed by atoms with E-state index in [1.165, 1.54) is 0 Å². The van der Waals surface area contributed by atoms with Crippen LogP contribution in [-0.4, -0.2) is 0 Å². The van der Waals surface area contributed by atoms with Gasteiger partial charge in [0.05, 0.1) is 12.5 Å². The van der Waals surface area contributed by atoms with E-state index >= 15 is 0 Å². The summed E-state index contributed by atoms with van der Waals surface area (Å²) in [6.07, 6.45) is 1.11. The Kier molecular flexibility index (Phi) is 3.54. The maximum absolute atomic E-state index is 8.50. The maximum atomic E-state index is 8.50. The van der Waals surface area contributed by atoms with Gasteiger partial charge in [0.1, 0.15) is 0 Å². The number of rotatable bonds is 3. The highest BCUT2D eigenvalue weighted by Crippen LogP contribution is 2.11. The normalized spacial score (nSPS) is 9.23. The molecule has 0 amide bonds. The third kappa shape index (κ3) is 3.31. The van der Waals surface area contributed by atoms with Gasteiger partial charge in [-0.2, -0.15) is 5.26 Å². The topological polar surface area (TPSA) is 23.8 Å². The molecule has 1 rings (SSSR count). The van der Waals surface area contributed by atoms with Crippen molar-refractivity contribution < 1.29 is 0 Å². The molecule has 0 aromatic heterocycles. The molecule has 13 heavy (non-hydrogen) atoms. The lowest BCUT2D eigenvalue weighted by molar-refractivity contribution is 1.19. The second kappa shape index (κ2) is 4.69. The van der Waals surface area contributed by atoms with Gasteiger partial charge in [-0.3, -0.25) is 0 Å². The minimum atomic E-state index is 0.447. The summed E-state index contributed by atoms with van der Waals surface area (Å²) in [6, 6.07) is 9.94. The predicted octanol–water partition coefficient (Wildman–Crippen LogP) is 3.05. The van der Waals surface area contributed by atoms with Crippen molar-refractivity contribution in [2.24, 2.45) is 0 Å². The molecule has 2 heteroatoms. The fourth-order valence-corrected chi connectivity index (χ4v) is 1.32. The van der Waals surface area contributed by atoms with Crippen molar-refractivity contribution in [1.82, 2.24) is 0 Å². The van der Waals surface area contributed by atoms with Crippen molar-refractivity contribution >= 4 is 11.6 Å². The lowest BCUT2D eigenvalue weighted by Gasteiger charge is -2.00. The van der Waals surface area contributed by atoms with E-state index in [1.807, 2.05) is 24.3 Å². The van der Waals surface area contributed by atoms with Gasteiger partial charge in [0.2, 0.25) is 0 Å². The predicted molar refractivity (Wildman–Crippen MR) is 54.5 cm³/mol. The molecule has 0 heterocycles. The fourth-order valence-electron chi connectivity index (χ4n) is 1.16. The summed E-state index contributed by atoms with van der Waals surface area (Å²) in [6.45, 7) is 3.63. The number of allylic oxidation sites excluding steroid dienone is 1. The average Bonchev–Trinajstić information content (AvgIpc) is 2.04. The highest BCUT2D eigenvalue weighted by Gasteiger charge is 1.96. The molecular weight excluding hydrogens is 182 g/mol. The van der Waals surface area contributed by atoms with E-state index < -0.39 is 0 Å². The minimum absolute atomic E-state index is 0.447. The second-order valence-corrected chi connectivity index (χ2v) is 3.38. The van der Waals surface area contributed by atoms with E-state index in [0.29, 0.717) is 17.9 Å². The molecule has 0 aliphatic rings. The van der Waals surface area contributed by atoms with Crippen LogP contribution < -0.4 is 0 Å². The van der Waals surface area contributed by atoms with Gasteiger partial charge in [0, 0.05) is 11.5 Å². The Balaban J connectivity index is 2.80. The van der Waals surface area contributed by atoms with Crippen molar-refractivity contribution in [1.29, 1.82) is 5.26 Å². The van der Waals surface area contributed by atoms with Crippen LogP contribution in [0.5, 0.6) is 0 Å². The smallest absolute Gasteiger partial charge is 0.0669 e. The Labute approximate surface area is 83.3 Å². The highest BCUT2D eigenvalue weighted by atomic mass is 35.5. The van der Waals surface area contributed by atoms with Gasteiger partial charge in [-0.15, -0.1) is 0 Å². The third-order valence-electron chi connectivity index (χ3n) is 1.67. The minimum Gasteiger partial charge on any atom is -0.198 e. The highest BCUT2D eigenvalue weighted by molar-refractivity contribution is 6.29. The monoisotopic (exact) mass is 191 g/mol. The molecule has 0 atom stereocenters. The molecule has 0 aliphatic carbocycles. The maximum Gasteiger partial charge on any atom is 0.0669 e. The first kappa shape index (κ1) is 9.83. The lowest BCUT2D eigenvalue weighted by atomic mass is 10.1. The van der Waals surface area contributed by atoms with E-state index in [2.05, 4.69) is 12.6 Å². The number of hydrogen-bond acceptors (Lipinski definition) is 1. The van der Waals surface area contributed by atoms with Gasteiger partial charge < -0.3 is 0 Å². The fraction of sp³-hybridized carbons (Fsp3) is 0.182. The van der Waals surface area contributed by atoms with Gasteiger partial charge in [0.15, 0.2) is 0 Å². The zero-order valence-electron chi connectivity index (χ0n) is 7.26. The molecule has 1 aromatic rings. The van der Waals surface area contributed by atoms with Gasteiger partial charge in [-0.25, -0.2) is 0 Å². The molecule has 0 radical (unpaired) electrons. The SMILES string of the molecule is C=C(Cl)Cc1cccc(CC#N)c1. The first-order chi connectivity index (χ1) is 6.22. The lowest BCUT2D eigenvalue weighted by Crippen LogP contribution is -1.87. The van der Waals surface area contributed by atoms with E-state index in [-0.39, 0.29) is 0 Å². The molecule has 0 N–H and O–H groups in total. The number of hydrogen-bond donors (Lipinski definition) is 0. The van der Waals surface area contributed by atoms with Crippen LogP contribution >= 0.6 is 11.6 Å². The summed E-state index contributed by atoms with van der Waals surface area (Å²) in [7, 11) is 0. The molecule has 1 nitrogen and oxygen atoms in total. The summed E-state index contributed by atoms with van der Waals surface area (Å²) in [4.78, 5) is 0. The Morgan fingerprint density at radius 3 is 2.77 bits per heavy atom. The van der Waals surface area contributed by atoms with Crippen LogP contribution in [-0.2, 0) is 12.8 Å². The van der Waals surface area contributed by atoms with Gasteiger partial charge in [-0.05, 0) is 11.1 Å². The van der Waals surface area contributed by atoms with Crippen molar-refractivity contribution in [2.45, 2.75) is 12.8 Å². The zero-order chi connectivity index (χ0) is 9.68. The molecule has 0 fully saturated rings. The molecule has 0 bridgehead atoms. The first-order valence-corrected chi connectivity index (χ1v) is 4.38. The summed E-state index contributed by atoms with van der Waals surface area (Å²) >= 11 is 5.68. The Hall–Kier alpha value is -1.26. The molecule has 0 spiro atoms. The van der Waals surface area contributed by atoms with E-state index in [0.717, 1.165) is 11.1 Å². The zero-order valence-corrected chi connectivity index (χ0v) is 8.01. The summed E-state index contributed by atoms with van der Waals surface area (Å²) in [5, 5.41) is 9.12. The van der Waals surface area contributed by atoms with Gasteiger partial charge in [-0.1, -0.05) is 42.4 Å². The largest absolute Gasteiger partial charge is 0.198 e. The Morgan fingerprint density at radius 2 is 2.15 bits per heavy atom. The van der Waals surface area contributed by atoms with Gasteiger partial charge in [0.25, 0.3) is 0 Å². The van der Waals surface area contributed by atoms with E-state index in [1.54, 1.807) is 0 Å². The number of halogens is 1. The molecule has 0 saturated carbocycles. The number of benzene rings is 1. The van der Waals surface area contributed by atoms with Crippen LogP contribution in [0.15, 0.2) is 35.9 Å². The van der Waals surface area contributed by atoms with Crippen LogP contribution in [0.3, 0.4) is 0 Å². The Bertz CT molecular complexity index is 349. The number of nitrogens with zero attached hydrogens (tertiary/aromatic N) is 1. The molecule has 0 unspecified atom stereocenters. The summed E-state index contributed by atoms with van der Waals surface area (Å²) in [5.74, 6) is 0. The summed E-state index contributed by atoms with van der Waals surface area (Å²) in [5.41, 5.74) is 2.13. The van der Waals surface area contributed by atoms with E-state index in [4.69, 9.17) is 16.9 Å². The van der Waals surface area contributed by atoms with Crippen LogP contribution in [0.1, 0.15) is 11.1 Å². The van der Waals surface area contributed by atoms with E-state index in [9.17, 15) is 0 Å². The Morgan fingerprint density at radius 1 is 1.46 bits per heavy atom. The standard InChI is InChI=1S/C11H10ClN/c1-9(12)7-11-4-2-3-10(8-11)5-6-13/h2-4,8H,1,5,7H2. The molecule has 1 aromatic carbocycles. The average molecular weight is 192 g/mol. The van der Waals surface area contributed by atoms with Crippen molar-refractivity contribution in [3.63, 3.8) is 0 Å². The van der Waals surface area contributed by atoms with Crippen LogP contribution in [0, 0.1) is 11.3 Å². The molecule has 0 aliphatic heterocycles. The van der Waals surface area contributed by atoms with Crippen LogP contribution in [0.2, 0.25) is 0 Å². The quantitative estimate of drug-likeness (QED) is 0.721. The summed E-state index contributed by atoms with van der Waals surface area (Å²) < 4.78 is 0. The first-order valence-electron chi connectivity index (χ1n) is 4.00. The van der Waals surface area contributed by atoms with Gasteiger partial charge >= 0.3 is 0 Å². The molecular formula is C11H10ClN. The number of nitriles is 1. The van der Waals surface area contributed by atoms with Crippen molar-refractivity contribution in [2.75, 3.05) is 0 Å². The second-order valence-electron chi connectivity index (χ2n) is 2.85.